The summed E-state index contributed by atoms with van der Waals surface area (Å²) in [4.78, 5) is 31.6. The lowest BCUT2D eigenvalue weighted by molar-refractivity contribution is -0.135. The van der Waals surface area contributed by atoms with E-state index in [1.165, 1.54) is 11.3 Å². The molecule has 1 heterocycles. The molecule has 0 bridgehead atoms. The fourth-order valence-corrected chi connectivity index (χ4v) is 3.61. The number of thiazole rings is 1. The minimum absolute atomic E-state index is 0.0379. The number of carbonyl (C=O) groups is 2. The maximum Gasteiger partial charge on any atom is 0.245 e. The predicted molar refractivity (Wildman–Crippen MR) is 100 cm³/mol. The van der Waals surface area contributed by atoms with Gasteiger partial charge in [-0.15, -0.1) is 11.3 Å². The molecule has 0 radical (unpaired) electrons. The van der Waals surface area contributed by atoms with Crippen molar-refractivity contribution in [2.45, 2.75) is 61.3 Å². The minimum atomic E-state index is -0.192. The topological polar surface area (TPSA) is 62.3 Å². The van der Waals surface area contributed by atoms with Crippen LogP contribution >= 0.6 is 11.3 Å². The van der Waals surface area contributed by atoms with Gasteiger partial charge in [0.1, 0.15) is 0 Å². The average molecular weight is 354 g/mol. The van der Waals surface area contributed by atoms with E-state index in [2.05, 4.69) is 38.0 Å². The molecule has 1 rings (SSSR count). The number of amides is 2. The summed E-state index contributed by atoms with van der Waals surface area (Å²) in [5.74, 6) is 0.150. The number of likely N-dealkylation sites (N-methyl/N-ethyl adjacent to an activating group) is 1. The molecule has 0 aliphatic rings. The second-order valence-corrected chi connectivity index (χ2v) is 8.89. The van der Waals surface area contributed by atoms with Crippen molar-refractivity contribution in [3.8, 4) is 0 Å². The number of nitrogens with zero attached hydrogens (tertiary/aromatic N) is 2. The van der Waals surface area contributed by atoms with Crippen LogP contribution in [-0.4, -0.2) is 34.8 Å². The van der Waals surface area contributed by atoms with E-state index in [0.29, 0.717) is 24.0 Å². The molecule has 2 amide bonds. The Kier molecular flexibility index (Phi) is 7.39. The van der Waals surface area contributed by atoms with Crippen molar-refractivity contribution in [3.05, 3.63) is 10.6 Å². The zero-order valence-corrected chi connectivity index (χ0v) is 16.8. The van der Waals surface area contributed by atoms with E-state index in [1.807, 2.05) is 20.8 Å². The minimum Gasteiger partial charge on any atom is -0.334 e. The number of nitrogens with one attached hydrogen (secondary N) is 1. The van der Waals surface area contributed by atoms with Gasteiger partial charge in [0.25, 0.3) is 0 Å². The van der Waals surface area contributed by atoms with Crippen LogP contribution < -0.4 is 5.32 Å². The number of aromatic nitrogens is 1. The molecule has 0 aliphatic carbocycles. The Morgan fingerprint density at radius 3 is 2.38 bits per heavy atom. The fraction of sp³-hybridized carbons (Fsp3) is 0.722. The molecule has 0 saturated carbocycles. The molecule has 0 saturated heterocycles. The van der Waals surface area contributed by atoms with E-state index in [1.54, 1.807) is 4.90 Å². The van der Waals surface area contributed by atoms with Gasteiger partial charge >= 0.3 is 0 Å². The summed E-state index contributed by atoms with van der Waals surface area (Å²) in [7, 11) is 0. The normalized spacial score (nSPS) is 12.8. The molecule has 1 unspecified atom stereocenters. The van der Waals surface area contributed by atoms with Crippen LogP contribution in [0.5, 0.6) is 0 Å². The third-order valence-electron chi connectivity index (χ3n) is 3.83. The SMILES string of the molecule is CCN(CC(=O)Nc1nc(C)c(C)s1)C(=O)CC(C)CC(C)(C)C. The molecule has 5 nitrogen and oxygen atoms in total. The molecule has 0 spiro atoms. The summed E-state index contributed by atoms with van der Waals surface area (Å²) in [6.07, 6.45) is 1.47. The van der Waals surface area contributed by atoms with Gasteiger partial charge in [0.05, 0.1) is 12.2 Å². The summed E-state index contributed by atoms with van der Waals surface area (Å²) < 4.78 is 0. The monoisotopic (exact) mass is 353 g/mol. The van der Waals surface area contributed by atoms with E-state index >= 15 is 0 Å². The van der Waals surface area contributed by atoms with Gasteiger partial charge in [-0.05, 0) is 38.5 Å². The van der Waals surface area contributed by atoms with Crippen LogP contribution in [0.4, 0.5) is 5.13 Å². The predicted octanol–water partition coefficient (Wildman–Crippen LogP) is 4.01. The maximum atomic E-state index is 12.4. The first-order chi connectivity index (χ1) is 11.0. The maximum absolute atomic E-state index is 12.4. The molecule has 136 valence electrons. The van der Waals surface area contributed by atoms with Crippen LogP contribution in [0, 0.1) is 25.2 Å². The molecule has 6 heteroatoms. The Morgan fingerprint density at radius 2 is 1.92 bits per heavy atom. The van der Waals surface area contributed by atoms with Gasteiger partial charge in [-0.3, -0.25) is 9.59 Å². The Balaban J connectivity index is 2.56. The Morgan fingerprint density at radius 1 is 1.29 bits per heavy atom. The van der Waals surface area contributed by atoms with E-state index in [0.717, 1.165) is 17.0 Å². The standard InChI is InChI=1S/C18H31N3O2S/c1-8-21(16(23)9-12(2)10-18(5,6)7)11-15(22)20-17-19-13(3)14(4)24-17/h12H,8-11H2,1-7H3,(H,19,20,22). The molecule has 1 aromatic rings. The van der Waals surface area contributed by atoms with Crippen molar-refractivity contribution >= 4 is 28.3 Å². The van der Waals surface area contributed by atoms with E-state index in [4.69, 9.17) is 0 Å². The molecule has 24 heavy (non-hydrogen) atoms. The Bertz CT molecular complexity index is 556. The Labute approximate surface area is 149 Å². The number of rotatable bonds is 7. The van der Waals surface area contributed by atoms with Crippen LogP contribution in [-0.2, 0) is 9.59 Å². The van der Waals surface area contributed by atoms with E-state index < -0.39 is 0 Å². The van der Waals surface area contributed by atoms with Crippen molar-refractivity contribution in [1.29, 1.82) is 0 Å². The van der Waals surface area contributed by atoms with Crippen LogP contribution in [0.2, 0.25) is 0 Å². The molecular weight excluding hydrogens is 322 g/mol. The van der Waals surface area contributed by atoms with Gasteiger partial charge in [-0.1, -0.05) is 27.7 Å². The van der Waals surface area contributed by atoms with Gasteiger partial charge in [0.2, 0.25) is 11.8 Å². The lowest BCUT2D eigenvalue weighted by Crippen LogP contribution is -2.38. The summed E-state index contributed by atoms with van der Waals surface area (Å²) in [5.41, 5.74) is 1.13. The van der Waals surface area contributed by atoms with Crippen molar-refractivity contribution in [2.24, 2.45) is 11.3 Å². The molecule has 1 aromatic heterocycles. The lowest BCUT2D eigenvalue weighted by atomic mass is 9.84. The smallest absolute Gasteiger partial charge is 0.245 e. The fourth-order valence-electron chi connectivity index (χ4n) is 2.78. The quantitative estimate of drug-likeness (QED) is 0.805. The summed E-state index contributed by atoms with van der Waals surface area (Å²) in [6.45, 7) is 15.0. The summed E-state index contributed by atoms with van der Waals surface area (Å²) in [5, 5.41) is 3.39. The van der Waals surface area contributed by atoms with Crippen LogP contribution in [0.25, 0.3) is 0 Å². The third kappa shape index (κ3) is 6.99. The van der Waals surface area contributed by atoms with Crippen molar-refractivity contribution in [3.63, 3.8) is 0 Å². The van der Waals surface area contributed by atoms with Crippen molar-refractivity contribution in [1.82, 2.24) is 9.88 Å². The highest BCUT2D eigenvalue weighted by Crippen LogP contribution is 2.26. The largest absolute Gasteiger partial charge is 0.334 e. The molecule has 0 aromatic carbocycles. The summed E-state index contributed by atoms with van der Waals surface area (Å²) >= 11 is 1.46. The first-order valence-electron chi connectivity index (χ1n) is 8.53. The first-order valence-corrected chi connectivity index (χ1v) is 9.35. The van der Waals surface area contributed by atoms with E-state index in [-0.39, 0.29) is 23.8 Å². The second-order valence-electron chi connectivity index (χ2n) is 7.69. The first kappa shape index (κ1) is 20.6. The zero-order chi connectivity index (χ0) is 18.5. The third-order valence-corrected chi connectivity index (χ3v) is 4.82. The average Bonchev–Trinajstić information content (AvgIpc) is 2.71. The molecular formula is C18H31N3O2S. The Hall–Kier alpha value is -1.43. The second kappa shape index (κ2) is 8.60. The van der Waals surface area contributed by atoms with Crippen LogP contribution in [0.3, 0.4) is 0 Å². The zero-order valence-electron chi connectivity index (χ0n) is 16.0. The van der Waals surface area contributed by atoms with Gasteiger partial charge < -0.3 is 10.2 Å². The highest BCUT2D eigenvalue weighted by molar-refractivity contribution is 7.15. The summed E-state index contributed by atoms with van der Waals surface area (Å²) in [6, 6.07) is 0. The molecule has 0 aliphatic heterocycles. The van der Waals surface area contributed by atoms with Gasteiger partial charge in [-0.25, -0.2) is 4.98 Å². The number of carbonyl (C=O) groups excluding carboxylic acids is 2. The molecule has 1 N–H and O–H groups in total. The van der Waals surface area contributed by atoms with Crippen LogP contribution in [0.15, 0.2) is 0 Å². The van der Waals surface area contributed by atoms with Crippen LogP contribution in [0.1, 0.15) is 58.0 Å². The van der Waals surface area contributed by atoms with Gasteiger partial charge in [0.15, 0.2) is 5.13 Å². The number of aryl methyl sites for hydroxylation is 2. The van der Waals surface area contributed by atoms with E-state index in [9.17, 15) is 9.59 Å². The highest BCUT2D eigenvalue weighted by Gasteiger charge is 2.22. The highest BCUT2D eigenvalue weighted by atomic mass is 32.1. The lowest BCUT2D eigenvalue weighted by Gasteiger charge is -2.26. The van der Waals surface area contributed by atoms with Gasteiger partial charge in [-0.2, -0.15) is 0 Å². The number of hydrogen-bond donors (Lipinski definition) is 1. The van der Waals surface area contributed by atoms with Crippen molar-refractivity contribution < 1.29 is 9.59 Å². The molecule has 0 fully saturated rings. The van der Waals surface area contributed by atoms with Gasteiger partial charge in [0, 0.05) is 17.8 Å². The molecule has 1 atom stereocenters. The number of anilines is 1. The van der Waals surface area contributed by atoms with Crippen molar-refractivity contribution in [2.75, 3.05) is 18.4 Å². The number of hydrogen-bond acceptors (Lipinski definition) is 4.